The highest BCUT2D eigenvalue weighted by Gasteiger charge is 2.13. The number of carbonyl (C=O) groups excluding carboxylic acids is 2. The first-order chi connectivity index (χ1) is 12.9. The van der Waals surface area contributed by atoms with E-state index in [1.807, 2.05) is 44.3 Å². The SMILES string of the molecule is CNC(CCOC(=O)c1cccc(C)c1)c1ccc(OC(=O)N(C)C)cc1. The zero-order chi connectivity index (χ0) is 19.8. The number of aryl methyl sites for hydroxylation is 1. The molecule has 2 rings (SSSR count). The van der Waals surface area contributed by atoms with Crippen molar-refractivity contribution in [2.45, 2.75) is 19.4 Å². The summed E-state index contributed by atoms with van der Waals surface area (Å²) in [5.41, 5.74) is 2.60. The normalized spacial score (nSPS) is 11.6. The van der Waals surface area contributed by atoms with E-state index in [2.05, 4.69) is 5.32 Å². The highest BCUT2D eigenvalue weighted by molar-refractivity contribution is 5.89. The molecule has 2 aromatic carbocycles. The molecule has 0 heterocycles. The molecule has 0 aliphatic rings. The molecular formula is C21H26N2O4. The molecule has 0 saturated carbocycles. The van der Waals surface area contributed by atoms with Gasteiger partial charge in [0.2, 0.25) is 0 Å². The minimum atomic E-state index is -0.420. The van der Waals surface area contributed by atoms with Gasteiger partial charge in [0.25, 0.3) is 0 Å². The summed E-state index contributed by atoms with van der Waals surface area (Å²) in [6, 6.07) is 14.6. The predicted octanol–water partition coefficient (Wildman–Crippen LogP) is 3.56. The van der Waals surface area contributed by atoms with E-state index in [9.17, 15) is 9.59 Å². The lowest BCUT2D eigenvalue weighted by Gasteiger charge is -2.17. The molecule has 1 unspecified atom stereocenters. The van der Waals surface area contributed by atoms with Gasteiger partial charge in [-0.2, -0.15) is 0 Å². The van der Waals surface area contributed by atoms with Crippen molar-refractivity contribution in [2.75, 3.05) is 27.7 Å². The standard InChI is InChI=1S/C21H26N2O4/c1-15-6-5-7-17(14-15)20(24)26-13-12-19(22-2)16-8-10-18(11-9-16)27-21(25)23(3)4/h5-11,14,19,22H,12-13H2,1-4H3. The van der Waals surface area contributed by atoms with Crippen LogP contribution in [0.1, 0.15) is 33.9 Å². The van der Waals surface area contributed by atoms with Crippen LogP contribution in [0.4, 0.5) is 4.79 Å². The van der Waals surface area contributed by atoms with Crippen LogP contribution in [0.2, 0.25) is 0 Å². The van der Waals surface area contributed by atoms with E-state index in [0.717, 1.165) is 11.1 Å². The van der Waals surface area contributed by atoms with Gasteiger partial charge >= 0.3 is 12.1 Å². The maximum absolute atomic E-state index is 12.1. The van der Waals surface area contributed by atoms with Crippen LogP contribution in [-0.4, -0.2) is 44.7 Å². The van der Waals surface area contributed by atoms with Gasteiger partial charge in [-0.15, -0.1) is 0 Å². The fourth-order valence-corrected chi connectivity index (χ4v) is 2.56. The first-order valence-electron chi connectivity index (χ1n) is 8.81. The number of amides is 1. The molecule has 0 spiro atoms. The third kappa shape index (κ3) is 6.11. The molecule has 1 amide bonds. The van der Waals surface area contributed by atoms with Crippen LogP contribution in [0.5, 0.6) is 5.75 Å². The van der Waals surface area contributed by atoms with E-state index in [1.54, 1.807) is 32.3 Å². The molecule has 0 aromatic heterocycles. The Morgan fingerprint density at radius 2 is 1.81 bits per heavy atom. The summed E-state index contributed by atoms with van der Waals surface area (Å²) in [6.45, 7) is 2.24. The van der Waals surface area contributed by atoms with E-state index in [0.29, 0.717) is 24.3 Å². The average molecular weight is 370 g/mol. The number of benzene rings is 2. The highest BCUT2D eigenvalue weighted by Crippen LogP contribution is 2.21. The quantitative estimate of drug-likeness (QED) is 0.755. The third-order valence-corrected chi connectivity index (χ3v) is 4.09. The first kappa shape index (κ1) is 20.5. The summed E-state index contributed by atoms with van der Waals surface area (Å²) in [4.78, 5) is 25.1. The number of rotatable bonds is 7. The molecule has 0 aliphatic heterocycles. The average Bonchev–Trinajstić information content (AvgIpc) is 2.66. The fraction of sp³-hybridized carbons (Fsp3) is 0.333. The molecule has 6 heteroatoms. The lowest BCUT2D eigenvalue weighted by Crippen LogP contribution is -2.25. The molecule has 0 saturated heterocycles. The highest BCUT2D eigenvalue weighted by atomic mass is 16.6. The third-order valence-electron chi connectivity index (χ3n) is 4.09. The molecule has 144 valence electrons. The number of hydrogen-bond donors (Lipinski definition) is 1. The Balaban J connectivity index is 1.89. The van der Waals surface area contributed by atoms with Gasteiger partial charge in [0, 0.05) is 26.6 Å². The van der Waals surface area contributed by atoms with Gasteiger partial charge in [-0.05, 0) is 43.8 Å². The van der Waals surface area contributed by atoms with Crippen molar-refractivity contribution >= 4 is 12.1 Å². The van der Waals surface area contributed by atoms with Crippen molar-refractivity contribution in [3.8, 4) is 5.75 Å². The van der Waals surface area contributed by atoms with Crippen molar-refractivity contribution in [1.29, 1.82) is 0 Å². The topological polar surface area (TPSA) is 67.9 Å². The fourth-order valence-electron chi connectivity index (χ4n) is 2.56. The van der Waals surface area contributed by atoms with E-state index in [1.165, 1.54) is 4.90 Å². The summed E-state index contributed by atoms with van der Waals surface area (Å²) in [5.74, 6) is 0.165. The van der Waals surface area contributed by atoms with Gasteiger partial charge in [-0.3, -0.25) is 0 Å². The minimum Gasteiger partial charge on any atom is -0.462 e. The molecule has 1 N–H and O–H groups in total. The van der Waals surface area contributed by atoms with Gasteiger partial charge in [0.15, 0.2) is 0 Å². The summed E-state index contributed by atoms with van der Waals surface area (Å²) in [7, 11) is 5.12. The van der Waals surface area contributed by atoms with Gasteiger partial charge in [-0.25, -0.2) is 9.59 Å². The van der Waals surface area contributed by atoms with Crippen molar-refractivity contribution in [3.05, 3.63) is 65.2 Å². The number of esters is 1. The van der Waals surface area contributed by atoms with Crippen molar-refractivity contribution in [2.24, 2.45) is 0 Å². The van der Waals surface area contributed by atoms with E-state index in [4.69, 9.17) is 9.47 Å². The zero-order valence-electron chi connectivity index (χ0n) is 16.2. The van der Waals surface area contributed by atoms with Crippen LogP contribution in [0.25, 0.3) is 0 Å². The second kappa shape index (κ2) is 9.73. The lowest BCUT2D eigenvalue weighted by molar-refractivity contribution is 0.0490. The zero-order valence-corrected chi connectivity index (χ0v) is 16.2. The molecule has 0 fully saturated rings. The molecule has 2 aromatic rings. The molecule has 0 bridgehead atoms. The van der Waals surface area contributed by atoms with Crippen molar-refractivity contribution in [1.82, 2.24) is 10.2 Å². The number of hydrogen-bond acceptors (Lipinski definition) is 5. The van der Waals surface area contributed by atoms with Crippen LogP contribution < -0.4 is 10.1 Å². The Bertz CT molecular complexity index is 772. The Kier molecular flexibility index (Phi) is 7.37. The summed E-state index contributed by atoms with van der Waals surface area (Å²) >= 11 is 0. The van der Waals surface area contributed by atoms with E-state index < -0.39 is 6.09 Å². The van der Waals surface area contributed by atoms with Crippen LogP contribution in [-0.2, 0) is 4.74 Å². The summed E-state index contributed by atoms with van der Waals surface area (Å²) in [6.07, 6.45) is 0.209. The Labute approximate surface area is 160 Å². The largest absolute Gasteiger partial charge is 0.462 e. The monoisotopic (exact) mass is 370 g/mol. The second-order valence-electron chi connectivity index (χ2n) is 6.47. The Morgan fingerprint density at radius 1 is 1.11 bits per heavy atom. The Morgan fingerprint density at radius 3 is 2.41 bits per heavy atom. The maximum Gasteiger partial charge on any atom is 0.414 e. The van der Waals surface area contributed by atoms with Gasteiger partial charge in [-0.1, -0.05) is 29.8 Å². The molecule has 1 atom stereocenters. The predicted molar refractivity (Wildman–Crippen MR) is 104 cm³/mol. The van der Waals surface area contributed by atoms with Gasteiger partial charge in [0.05, 0.1) is 12.2 Å². The summed E-state index contributed by atoms with van der Waals surface area (Å²) < 4.78 is 10.6. The number of nitrogens with one attached hydrogen (secondary N) is 1. The lowest BCUT2D eigenvalue weighted by atomic mass is 10.0. The molecule has 0 aliphatic carbocycles. The smallest absolute Gasteiger partial charge is 0.414 e. The maximum atomic E-state index is 12.1. The van der Waals surface area contributed by atoms with Crippen LogP contribution in [0.3, 0.4) is 0 Å². The molecular weight excluding hydrogens is 344 g/mol. The summed E-state index contributed by atoms with van der Waals surface area (Å²) in [5, 5.41) is 3.21. The minimum absolute atomic E-state index is 0.0221. The van der Waals surface area contributed by atoms with Crippen LogP contribution >= 0.6 is 0 Å². The molecule has 27 heavy (non-hydrogen) atoms. The van der Waals surface area contributed by atoms with Crippen LogP contribution in [0.15, 0.2) is 48.5 Å². The second-order valence-corrected chi connectivity index (χ2v) is 6.47. The van der Waals surface area contributed by atoms with Crippen LogP contribution in [0, 0.1) is 6.92 Å². The van der Waals surface area contributed by atoms with Gasteiger partial charge in [0.1, 0.15) is 5.75 Å². The number of nitrogens with zero attached hydrogens (tertiary/aromatic N) is 1. The van der Waals surface area contributed by atoms with Crippen molar-refractivity contribution < 1.29 is 19.1 Å². The Hall–Kier alpha value is -2.86. The molecule has 6 nitrogen and oxygen atoms in total. The first-order valence-corrected chi connectivity index (χ1v) is 8.81. The molecule has 0 radical (unpaired) electrons. The number of carbonyl (C=O) groups is 2. The van der Waals surface area contributed by atoms with Gasteiger partial charge < -0.3 is 19.7 Å². The van der Waals surface area contributed by atoms with E-state index in [-0.39, 0.29) is 12.0 Å². The van der Waals surface area contributed by atoms with Crippen molar-refractivity contribution in [3.63, 3.8) is 0 Å². The number of ether oxygens (including phenoxy) is 2. The van der Waals surface area contributed by atoms with E-state index >= 15 is 0 Å².